The molecule has 1 fully saturated rings. The fourth-order valence-electron chi connectivity index (χ4n) is 5.24. The summed E-state index contributed by atoms with van der Waals surface area (Å²) < 4.78 is 0. The molecule has 0 bridgehead atoms. The van der Waals surface area contributed by atoms with Gasteiger partial charge in [-0.25, -0.2) is 0 Å². The first kappa shape index (κ1) is 20.6. The van der Waals surface area contributed by atoms with E-state index in [9.17, 15) is 4.79 Å². The number of carbonyl (C=O) groups excluding carboxylic acids is 1. The average Bonchev–Trinajstić information content (AvgIpc) is 3.34. The van der Waals surface area contributed by atoms with Gasteiger partial charge in [-0.3, -0.25) is 4.79 Å². The van der Waals surface area contributed by atoms with Crippen molar-refractivity contribution in [3.8, 4) is 11.1 Å². The molecule has 2 aliphatic heterocycles. The zero-order chi connectivity index (χ0) is 22.1. The average molecular weight is 426 g/mol. The highest BCUT2D eigenvalue weighted by Gasteiger charge is 2.32. The number of rotatable bonds is 4. The van der Waals surface area contributed by atoms with E-state index >= 15 is 0 Å². The summed E-state index contributed by atoms with van der Waals surface area (Å²) in [5.41, 5.74) is 7.01. The van der Waals surface area contributed by atoms with Crippen LogP contribution in [-0.2, 0) is 4.79 Å². The Hall–Kier alpha value is -3.27. The quantitative estimate of drug-likeness (QED) is 0.536. The zero-order valence-electron chi connectivity index (χ0n) is 18.9. The summed E-state index contributed by atoms with van der Waals surface area (Å²) in [5, 5.41) is 3.71. The molecule has 4 nitrogen and oxygen atoms in total. The molecular formula is C28H31N3O. The van der Waals surface area contributed by atoms with Gasteiger partial charge >= 0.3 is 0 Å². The molecular weight excluding hydrogens is 394 g/mol. The molecule has 164 valence electrons. The van der Waals surface area contributed by atoms with Gasteiger partial charge in [0.15, 0.2) is 0 Å². The molecule has 0 saturated carbocycles. The first-order valence-electron chi connectivity index (χ1n) is 11.7. The summed E-state index contributed by atoms with van der Waals surface area (Å²) in [6.45, 7) is 6.11. The smallest absolute Gasteiger partial charge is 0.224 e. The van der Waals surface area contributed by atoms with Crippen molar-refractivity contribution in [1.82, 2.24) is 0 Å². The van der Waals surface area contributed by atoms with Crippen LogP contribution in [0.15, 0.2) is 72.8 Å². The first-order valence-corrected chi connectivity index (χ1v) is 11.7. The molecule has 3 aromatic rings. The molecule has 3 aromatic carbocycles. The lowest BCUT2D eigenvalue weighted by Gasteiger charge is -2.39. The molecule has 2 heterocycles. The maximum atomic E-state index is 12.5. The Kier molecular flexibility index (Phi) is 5.60. The molecule has 4 heteroatoms. The highest BCUT2D eigenvalue weighted by atomic mass is 16.2. The lowest BCUT2D eigenvalue weighted by atomic mass is 9.89. The standard InChI is InChI=1S/C28H31N3O/c1-20-18-27(29-24-8-4-3-5-9-24)26-19-23(12-15-28(26)31(20)21(2)32)22-10-13-25(14-11-22)30-16-6-7-17-30/h3-5,8-15,19-20,27,29H,6-7,16-18H2,1-2H3/t20-,27+/m1/s1. The van der Waals surface area contributed by atoms with Crippen LogP contribution in [0, 0.1) is 0 Å². The van der Waals surface area contributed by atoms with Crippen LogP contribution in [-0.4, -0.2) is 25.0 Å². The Morgan fingerprint density at radius 1 is 0.906 bits per heavy atom. The number of anilines is 3. The van der Waals surface area contributed by atoms with Gasteiger partial charge in [-0.05, 0) is 79.3 Å². The van der Waals surface area contributed by atoms with Gasteiger partial charge in [0, 0.05) is 43.1 Å². The number of nitrogens with zero attached hydrogens (tertiary/aromatic N) is 2. The van der Waals surface area contributed by atoms with Gasteiger partial charge in [-0.15, -0.1) is 0 Å². The normalized spacial score (nSPS) is 20.2. The molecule has 0 spiro atoms. The predicted octanol–water partition coefficient (Wildman–Crippen LogP) is 6.25. The number of amides is 1. The van der Waals surface area contributed by atoms with E-state index in [1.54, 1.807) is 6.92 Å². The molecule has 0 aromatic heterocycles. The zero-order valence-corrected chi connectivity index (χ0v) is 18.9. The largest absolute Gasteiger partial charge is 0.378 e. The Morgan fingerprint density at radius 3 is 2.28 bits per heavy atom. The maximum Gasteiger partial charge on any atom is 0.224 e. The molecule has 32 heavy (non-hydrogen) atoms. The second-order valence-corrected chi connectivity index (χ2v) is 9.05. The number of para-hydroxylation sites is 1. The van der Waals surface area contributed by atoms with E-state index < -0.39 is 0 Å². The van der Waals surface area contributed by atoms with E-state index in [4.69, 9.17) is 0 Å². The molecule has 1 amide bonds. The van der Waals surface area contributed by atoms with Crippen molar-refractivity contribution >= 4 is 23.0 Å². The second-order valence-electron chi connectivity index (χ2n) is 9.05. The van der Waals surface area contributed by atoms with Crippen LogP contribution >= 0.6 is 0 Å². The summed E-state index contributed by atoms with van der Waals surface area (Å²) in [6.07, 6.45) is 3.44. The van der Waals surface area contributed by atoms with Crippen LogP contribution in [0.25, 0.3) is 11.1 Å². The minimum absolute atomic E-state index is 0.0969. The third-order valence-corrected chi connectivity index (χ3v) is 6.81. The van der Waals surface area contributed by atoms with Crippen LogP contribution in [0.2, 0.25) is 0 Å². The fourth-order valence-corrected chi connectivity index (χ4v) is 5.24. The van der Waals surface area contributed by atoms with Gasteiger partial charge in [0.25, 0.3) is 0 Å². The van der Waals surface area contributed by atoms with Gasteiger partial charge < -0.3 is 15.1 Å². The van der Waals surface area contributed by atoms with Gasteiger partial charge in [0.1, 0.15) is 0 Å². The number of hydrogen-bond donors (Lipinski definition) is 1. The van der Waals surface area contributed by atoms with Crippen LogP contribution in [0.1, 0.15) is 44.7 Å². The van der Waals surface area contributed by atoms with E-state index in [1.165, 1.54) is 35.2 Å². The Labute approximate surface area is 190 Å². The molecule has 2 aliphatic rings. The van der Waals surface area contributed by atoms with E-state index in [1.807, 2.05) is 11.0 Å². The van der Waals surface area contributed by atoms with Crippen LogP contribution in [0.5, 0.6) is 0 Å². The Morgan fingerprint density at radius 2 is 1.59 bits per heavy atom. The van der Waals surface area contributed by atoms with Crippen molar-refractivity contribution in [2.45, 2.75) is 45.2 Å². The monoisotopic (exact) mass is 425 g/mol. The molecule has 0 radical (unpaired) electrons. The Bertz CT molecular complexity index is 1090. The molecule has 0 unspecified atom stereocenters. The second kappa shape index (κ2) is 8.70. The number of nitrogens with one attached hydrogen (secondary N) is 1. The van der Waals surface area contributed by atoms with E-state index in [2.05, 4.69) is 83.9 Å². The van der Waals surface area contributed by atoms with Crippen LogP contribution in [0.3, 0.4) is 0 Å². The SMILES string of the molecule is CC(=O)N1c2ccc(-c3ccc(N4CCCC4)cc3)cc2[C@@H](Nc2ccccc2)C[C@H]1C. The summed E-state index contributed by atoms with van der Waals surface area (Å²) >= 11 is 0. The molecule has 2 atom stereocenters. The maximum absolute atomic E-state index is 12.5. The van der Waals surface area contributed by atoms with Crippen molar-refractivity contribution in [3.63, 3.8) is 0 Å². The number of benzene rings is 3. The summed E-state index contributed by atoms with van der Waals surface area (Å²) in [7, 11) is 0. The fraction of sp³-hybridized carbons (Fsp3) is 0.321. The topological polar surface area (TPSA) is 35.6 Å². The highest BCUT2D eigenvalue weighted by Crippen LogP contribution is 2.41. The first-order chi connectivity index (χ1) is 15.6. The summed E-state index contributed by atoms with van der Waals surface area (Å²) in [5.74, 6) is 0.0969. The van der Waals surface area contributed by atoms with E-state index in [0.717, 1.165) is 30.9 Å². The van der Waals surface area contributed by atoms with Gasteiger partial charge in [-0.2, -0.15) is 0 Å². The molecule has 1 saturated heterocycles. The number of hydrogen-bond acceptors (Lipinski definition) is 3. The minimum Gasteiger partial charge on any atom is -0.378 e. The van der Waals surface area contributed by atoms with Gasteiger partial charge in [0.2, 0.25) is 5.91 Å². The van der Waals surface area contributed by atoms with E-state index in [-0.39, 0.29) is 18.0 Å². The molecule has 1 N–H and O–H groups in total. The lowest BCUT2D eigenvalue weighted by molar-refractivity contribution is -0.117. The third-order valence-electron chi connectivity index (χ3n) is 6.81. The van der Waals surface area contributed by atoms with Crippen LogP contribution < -0.4 is 15.1 Å². The van der Waals surface area contributed by atoms with Crippen molar-refractivity contribution in [2.75, 3.05) is 28.2 Å². The van der Waals surface area contributed by atoms with Gasteiger partial charge in [0.05, 0.1) is 6.04 Å². The van der Waals surface area contributed by atoms with Crippen molar-refractivity contribution in [3.05, 3.63) is 78.4 Å². The predicted molar refractivity (Wildman–Crippen MR) is 133 cm³/mol. The van der Waals surface area contributed by atoms with Gasteiger partial charge in [-0.1, -0.05) is 36.4 Å². The Balaban J connectivity index is 1.50. The summed E-state index contributed by atoms with van der Waals surface area (Å²) in [6, 6.07) is 26.1. The van der Waals surface area contributed by atoms with Crippen LogP contribution in [0.4, 0.5) is 17.1 Å². The van der Waals surface area contributed by atoms with Crippen molar-refractivity contribution < 1.29 is 4.79 Å². The van der Waals surface area contributed by atoms with E-state index in [0.29, 0.717) is 0 Å². The number of carbonyl (C=O) groups is 1. The van der Waals surface area contributed by atoms with Crippen molar-refractivity contribution in [2.24, 2.45) is 0 Å². The van der Waals surface area contributed by atoms with Crippen molar-refractivity contribution in [1.29, 1.82) is 0 Å². The number of fused-ring (bicyclic) bond motifs is 1. The summed E-state index contributed by atoms with van der Waals surface area (Å²) in [4.78, 5) is 16.9. The highest BCUT2D eigenvalue weighted by molar-refractivity contribution is 5.94. The molecule has 0 aliphatic carbocycles. The lowest BCUT2D eigenvalue weighted by Crippen LogP contribution is -2.43. The minimum atomic E-state index is 0.0969. The molecule has 5 rings (SSSR count). The third kappa shape index (κ3) is 3.97.